The first-order chi connectivity index (χ1) is 9.97. The molecule has 0 aliphatic heterocycles. The SMILES string of the molecule is CC(C)n1c(-c2ccc(N)c(Br)c2)nc2cc(F)ccc21. The van der Waals surface area contributed by atoms with Crippen LogP contribution in [0.2, 0.25) is 0 Å². The predicted octanol–water partition coefficient (Wildman–Crippen LogP) is 4.77. The maximum atomic E-state index is 13.4. The number of fused-ring (bicyclic) bond motifs is 1. The third kappa shape index (κ3) is 2.42. The van der Waals surface area contributed by atoms with Crippen molar-refractivity contribution in [1.82, 2.24) is 9.55 Å². The van der Waals surface area contributed by atoms with Gasteiger partial charge in [-0.15, -0.1) is 0 Å². The van der Waals surface area contributed by atoms with Gasteiger partial charge in [0.15, 0.2) is 0 Å². The maximum absolute atomic E-state index is 13.4. The molecule has 0 saturated heterocycles. The fourth-order valence-electron chi connectivity index (χ4n) is 2.46. The van der Waals surface area contributed by atoms with E-state index in [4.69, 9.17) is 5.73 Å². The van der Waals surface area contributed by atoms with Crippen LogP contribution < -0.4 is 5.73 Å². The molecule has 0 bridgehead atoms. The smallest absolute Gasteiger partial charge is 0.141 e. The molecule has 5 heteroatoms. The maximum Gasteiger partial charge on any atom is 0.141 e. The number of aromatic nitrogens is 2. The average molecular weight is 348 g/mol. The minimum atomic E-state index is -0.277. The third-order valence-corrected chi connectivity index (χ3v) is 4.11. The Labute approximate surface area is 130 Å². The Hall–Kier alpha value is -1.88. The summed E-state index contributed by atoms with van der Waals surface area (Å²) < 4.78 is 16.4. The number of halogens is 2. The van der Waals surface area contributed by atoms with Gasteiger partial charge in [-0.3, -0.25) is 0 Å². The summed E-state index contributed by atoms with van der Waals surface area (Å²) in [5.74, 6) is 0.534. The van der Waals surface area contributed by atoms with Crippen LogP contribution in [0, 0.1) is 5.82 Å². The number of benzene rings is 2. The Morgan fingerprint density at radius 3 is 2.62 bits per heavy atom. The Balaban J connectivity index is 2.30. The van der Waals surface area contributed by atoms with Crippen molar-refractivity contribution in [1.29, 1.82) is 0 Å². The first-order valence-electron chi connectivity index (χ1n) is 6.70. The molecule has 0 fully saturated rings. The van der Waals surface area contributed by atoms with Gasteiger partial charge < -0.3 is 10.3 Å². The van der Waals surface area contributed by atoms with Crippen LogP contribution >= 0.6 is 15.9 Å². The van der Waals surface area contributed by atoms with Crippen molar-refractivity contribution in [3.8, 4) is 11.4 Å². The summed E-state index contributed by atoms with van der Waals surface area (Å²) in [6, 6.07) is 10.6. The van der Waals surface area contributed by atoms with Gasteiger partial charge in [-0.1, -0.05) is 0 Å². The molecule has 1 aromatic heterocycles. The molecule has 0 aliphatic rings. The summed E-state index contributed by atoms with van der Waals surface area (Å²) >= 11 is 3.44. The molecule has 108 valence electrons. The summed E-state index contributed by atoms with van der Waals surface area (Å²) in [4.78, 5) is 4.60. The van der Waals surface area contributed by atoms with Gasteiger partial charge >= 0.3 is 0 Å². The number of nitrogen functional groups attached to an aromatic ring is 1. The molecule has 2 N–H and O–H groups in total. The van der Waals surface area contributed by atoms with E-state index >= 15 is 0 Å². The van der Waals surface area contributed by atoms with Gasteiger partial charge in [0.2, 0.25) is 0 Å². The molecule has 3 aromatic rings. The van der Waals surface area contributed by atoms with Crippen LogP contribution in [0.1, 0.15) is 19.9 Å². The van der Waals surface area contributed by atoms with E-state index < -0.39 is 0 Å². The molecular formula is C16H15BrFN3. The fourth-order valence-corrected chi connectivity index (χ4v) is 2.84. The molecule has 3 rings (SSSR count). The van der Waals surface area contributed by atoms with E-state index in [0.29, 0.717) is 11.2 Å². The van der Waals surface area contributed by atoms with Crippen molar-refractivity contribution in [3.63, 3.8) is 0 Å². The quantitative estimate of drug-likeness (QED) is 0.678. The number of imidazole rings is 1. The summed E-state index contributed by atoms with van der Waals surface area (Å²) in [5.41, 5.74) is 9.04. The lowest BCUT2D eigenvalue weighted by Gasteiger charge is -2.13. The van der Waals surface area contributed by atoms with E-state index in [2.05, 4.69) is 39.3 Å². The third-order valence-electron chi connectivity index (χ3n) is 3.43. The van der Waals surface area contributed by atoms with E-state index in [1.165, 1.54) is 12.1 Å². The van der Waals surface area contributed by atoms with Crippen LogP contribution in [-0.2, 0) is 0 Å². The van der Waals surface area contributed by atoms with E-state index in [1.807, 2.05) is 18.2 Å². The Bertz CT molecular complexity index is 824. The molecule has 0 atom stereocenters. The van der Waals surface area contributed by atoms with E-state index in [0.717, 1.165) is 21.4 Å². The highest BCUT2D eigenvalue weighted by Gasteiger charge is 2.16. The zero-order valence-corrected chi connectivity index (χ0v) is 13.4. The van der Waals surface area contributed by atoms with Gasteiger partial charge in [-0.25, -0.2) is 9.37 Å². The fraction of sp³-hybridized carbons (Fsp3) is 0.188. The number of nitrogens with two attached hydrogens (primary N) is 1. The highest BCUT2D eigenvalue weighted by Crippen LogP contribution is 2.31. The second kappa shape index (κ2) is 5.15. The van der Waals surface area contributed by atoms with Gasteiger partial charge in [0.25, 0.3) is 0 Å². The van der Waals surface area contributed by atoms with Gasteiger partial charge in [0, 0.05) is 27.8 Å². The number of rotatable bonds is 2. The standard InChI is InChI=1S/C16H15BrFN3/c1-9(2)21-15-6-4-11(18)8-14(15)20-16(21)10-3-5-13(19)12(17)7-10/h3-9H,19H2,1-2H3. The molecule has 0 amide bonds. The van der Waals surface area contributed by atoms with Gasteiger partial charge in [0.05, 0.1) is 11.0 Å². The Kier molecular flexibility index (Phi) is 3.45. The molecule has 2 aromatic carbocycles. The zero-order valence-electron chi connectivity index (χ0n) is 11.8. The molecule has 1 heterocycles. The number of hydrogen-bond donors (Lipinski definition) is 1. The van der Waals surface area contributed by atoms with Crippen LogP contribution in [0.3, 0.4) is 0 Å². The highest BCUT2D eigenvalue weighted by molar-refractivity contribution is 9.10. The molecule has 0 saturated carbocycles. The van der Waals surface area contributed by atoms with Gasteiger partial charge in [0.1, 0.15) is 11.6 Å². The van der Waals surface area contributed by atoms with Crippen molar-refractivity contribution in [3.05, 3.63) is 46.7 Å². The summed E-state index contributed by atoms with van der Waals surface area (Å²) in [7, 11) is 0. The summed E-state index contributed by atoms with van der Waals surface area (Å²) in [6.45, 7) is 4.17. The zero-order chi connectivity index (χ0) is 15.1. The number of anilines is 1. The molecular weight excluding hydrogens is 333 g/mol. The van der Waals surface area contributed by atoms with Crippen LogP contribution in [0.4, 0.5) is 10.1 Å². The van der Waals surface area contributed by atoms with Crippen molar-refractivity contribution >= 4 is 32.7 Å². The average Bonchev–Trinajstić information content (AvgIpc) is 2.80. The first kappa shape index (κ1) is 14.1. The van der Waals surface area contributed by atoms with E-state index in [-0.39, 0.29) is 11.9 Å². The normalized spacial score (nSPS) is 11.5. The van der Waals surface area contributed by atoms with Gasteiger partial charge in [-0.2, -0.15) is 0 Å². The Morgan fingerprint density at radius 1 is 1.19 bits per heavy atom. The predicted molar refractivity (Wildman–Crippen MR) is 87.6 cm³/mol. The van der Waals surface area contributed by atoms with Crippen molar-refractivity contribution in [2.24, 2.45) is 0 Å². The molecule has 0 unspecified atom stereocenters. The molecule has 0 aliphatic carbocycles. The lowest BCUT2D eigenvalue weighted by atomic mass is 10.2. The van der Waals surface area contributed by atoms with Crippen molar-refractivity contribution < 1.29 is 4.39 Å². The van der Waals surface area contributed by atoms with E-state index in [1.54, 1.807) is 6.07 Å². The topological polar surface area (TPSA) is 43.8 Å². The summed E-state index contributed by atoms with van der Waals surface area (Å²) in [5, 5.41) is 0. The lowest BCUT2D eigenvalue weighted by Crippen LogP contribution is -2.03. The second-order valence-corrected chi connectivity index (χ2v) is 6.12. The van der Waals surface area contributed by atoms with Crippen molar-refractivity contribution in [2.75, 3.05) is 5.73 Å². The number of hydrogen-bond acceptors (Lipinski definition) is 2. The largest absolute Gasteiger partial charge is 0.398 e. The van der Waals surface area contributed by atoms with Crippen LogP contribution in [-0.4, -0.2) is 9.55 Å². The molecule has 3 nitrogen and oxygen atoms in total. The van der Waals surface area contributed by atoms with E-state index in [9.17, 15) is 4.39 Å². The van der Waals surface area contributed by atoms with Crippen molar-refractivity contribution in [2.45, 2.75) is 19.9 Å². The van der Waals surface area contributed by atoms with Crippen LogP contribution in [0.15, 0.2) is 40.9 Å². The minimum Gasteiger partial charge on any atom is -0.398 e. The number of nitrogens with zero attached hydrogens (tertiary/aromatic N) is 2. The minimum absolute atomic E-state index is 0.215. The highest BCUT2D eigenvalue weighted by atomic mass is 79.9. The first-order valence-corrected chi connectivity index (χ1v) is 7.49. The molecule has 0 spiro atoms. The lowest BCUT2D eigenvalue weighted by molar-refractivity contribution is 0.620. The van der Waals surface area contributed by atoms with Gasteiger partial charge in [-0.05, 0) is 60.1 Å². The van der Waals surface area contributed by atoms with Crippen LogP contribution in [0.25, 0.3) is 22.4 Å². The second-order valence-electron chi connectivity index (χ2n) is 5.27. The molecule has 0 radical (unpaired) electrons. The molecule has 21 heavy (non-hydrogen) atoms. The Morgan fingerprint density at radius 2 is 1.95 bits per heavy atom. The summed E-state index contributed by atoms with van der Waals surface area (Å²) in [6.07, 6.45) is 0. The monoisotopic (exact) mass is 347 g/mol. The van der Waals surface area contributed by atoms with Crippen LogP contribution in [0.5, 0.6) is 0 Å².